The third-order valence-corrected chi connectivity index (χ3v) is 3.81. The van der Waals surface area contributed by atoms with Gasteiger partial charge >= 0.3 is 0 Å². The molecule has 1 aromatic rings. The summed E-state index contributed by atoms with van der Waals surface area (Å²) in [4.78, 5) is 11.7. The van der Waals surface area contributed by atoms with Crippen molar-refractivity contribution in [1.29, 1.82) is 0 Å². The summed E-state index contributed by atoms with van der Waals surface area (Å²) >= 11 is 3.41. The molecule has 1 fully saturated rings. The predicted octanol–water partition coefficient (Wildman–Crippen LogP) is 2.53. The SMILES string of the molecule is Cl.O=C(CC1CCNC1)NCCc1ccc(Br)cc1. The summed E-state index contributed by atoms with van der Waals surface area (Å²) in [7, 11) is 0. The molecule has 1 aliphatic heterocycles. The van der Waals surface area contributed by atoms with Crippen LogP contribution < -0.4 is 10.6 Å². The Hall–Kier alpha value is -0.580. The summed E-state index contributed by atoms with van der Waals surface area (Å²) in [6.07, 6.45) is 2.68. The molecule has 2 rings (SSSR count). The number of nitrogens with one attached hydrogen (secondary N) is 2. The summed E-state index contributed by atoms with van der Waals surface area (Å²) in [5.74, 6) is 0.707. The number of carbonyl (C=O) groups excluding carboxylic acids is 1. The second-order valence-electron chi connectivity index (χ2n) is 4.79. The van der Waals surface area contributed by atoms with Crippen molar-refractivity contribution in [1.82, 2.24) is 10.6 Å². The van der Waals surface area contributed by atoms with E-state index < -0.39 is 0 Å². The normalized spacial score (nSPS) is 17.8. The number of hydrogen-bond acceptors (Lipinski definition) is 2. The fourth-order valence-electron chi connectivity index (χ4n) is 2.22. The molecule has 0 saturated carbocycles. The molecular formula is C14H20BrClN2O. The summed E-state index contributed by atoms with van der Waals surface area (Å²) in [6, 6.07) is 8.22. The molecule has 0 aromatic heterocycles. The van der Waals surface area contributed by atoms with Gasteiger partial charge in [0.05, 0.1) is 0 Å². The molecule has 1 heterocycles. The third-order valence-electron chi connectivity index (χ3n) is 3.29. The standard InChI is InChI=1S/C14H19BrN2O.ClH/c15-13-3-1-11(2-4-13)6-8-17-14(18)9-12-5-7-16-10-12;/h1-4,12,16H,5-10H2,(H,17,18);1H. The van der Waals surface area contributed by atoms with Crippen LogP contribution >= 0.6 is 28.3 Å². The topological polar surface area (TPSA) is 41.1 Å². The fourth-order valence-corrected chi connectivity index (χ4v) is 2.48. The predicted molar refractivity (Wildman–Crippen MR) is 83.7 cm³/mol. The van der Waals surface area contributed by atoms with Crippen molar-refractivity contribution in [2.75, 3.05) is 19.6 Å². The van der Waals surface area contributed by atoms with Crippen LogP contribution in [-0.4, -0.2) is 25.5 Å². The van der Waals surface area contributed by atoms with E-state index >= 15 is 0 Å². The lowest BCUT2D eigenvalue weighted by Crippen LogP contribution is -2.28. The van der Waals surface area contributed by atoms with Gasteiger partial charge in [0, 0.05) is 17.4 Å². The lowest BCUT2D eigenvalue weighted by Gasteiger charge is -2.09. The Balaban J connectivity index is 0.00000180. The van der Waals surface area contributed by atoms with E-state index in [1.807, 2.05) is 12.1 Å². The van der Waals surface area contributed by atoms with Gasteiger partial charge in [0.2, 0.25) is 5.91 Å². The van der Waals surface area contributed by atoms with Crippen LogP contribution in [0.2, 0.25) is 0 Å². The van der Waals surface area contributed by atoms with Crippen molar-refractivity contribution in [3.05, 3.63) is 34.3 Å². The molecule has 5 heteroatoms. The molecule has 1 saturated heterocycles. The molecule has 106 valence electrons. The smallest absolute Gasteiger partial charge is 0.220 e. The Morgan fingerprint density at radius 2 is 2.11 bits per heavy atom. The summed E-state index contributed by atoms with van der Waals surface area (Å²) < 4.78 is 1.09. The largest absolute Gasteiger partial charge is 0.356 e. The molecule has 19 heavy (non-hydrogen) atoms. The van der Waals surface area contributed by atoms with Crippen molar-refractivity contribution >= 4 is 34.2 Å². The monoisotopic (exact) mass is 346 g/mol. The maximum atomic E-state index is 11.7. The summed E-state index contributed by atoms with van der Waals surface area (Å²) in [5, 5.41) is 6.27. The molecule has 0 spiro atoms. The van der Waals surface area contributed by atoms with Gasteiger partial charge in [-0.15, -0.1) is 12.4 Å². The highest BCUT2D eigenvalue weighted by Crippen LogP contribution is 2.12. The van der Waals surface area contributed by atoms with E-state index in [4.69, 9.17) is 0 Å². The van der Waals surface area contributed by atoms with E-state index in [1.165, 1.54) is 5.56 Å². The first-order valence-electron chi connectivity index (χ1n) is 6.46. The average Bonchev–Trinajstić information content (AvgIpc) is 2.84. The van der Waals surface area contributed by atoms with Gasteiger partial charge in [-0.1, -0.05) is 28.1 Å². The minimum Gasteiger partial charge on any atom is -0.356 e. The van der Waals surface area contributed by atoms with Crippen LogP contribution in [0, 0.1) is 5.92 Å². The quantitative estimate of drug-likeness (QED) is 0.859. The second kappa shape index (κ2) is 8.56. The Labute approximate surface area is 129 Å². The number of amides is 1. The van der Waals surface area contributed by atoms with Gasteiger partial charge in [0.25, 0.3) is 0 Å². The summed E-state index contributed by atoms with van der Waals surface area (Å²) in [5.41, 5.74) is 1.25. The molecule has 1 aromatic carbocycles. The molecule has 1 amide bonds. The highest BCUT2D eigenvalue weighted by Gasteiger charge is 2.17. The van der Waals surface area contributed by atoms with Gasteiger partial charge in [0.15, 0.2) is 0 Å². The maximum Gasteiger partial charge on any atom is 0.220 e. The van der Waals surface area contributed by atoms with Crippen LogP contribution in [0.5, 0.6) is 0 Å². The molecule has 0 aliphatic carbocycles. The van der Waals surface area contributed by atoms with E-state index in [1.54, 1.807) is 0 Å². The van der Waals surface area contributed by atoms with Crippen LogP contribution in [0.3, 0.4) is 0 Å². The zero-order valence-electron chi connectivity index (χ0n) is 10.8. The first-order valence-corrected chi connectivity index (χ1v) is 7.25. The molecule has 3 nitrogen and oxygen atoms in total. The molecular weight excluding hydrogens is 328 g/mol. The number of halogens is 2. The Kier molecular flexibility index (Phi) is 7.42. The van der Waals surface area contributed by atoms with E-state index in [9.17, 15) is 4.79 Å². The fraction of sp³-hybridized carbons (Fsp3) is 0.500. The van der Waals surface area contributed by atoms with Gasteiger partial charge in [-0.2, -0.15) is 0 Å². The van der Waals surface area contributed by atoms with Gasteiger partial charge in [-0.25, -0.2) is 0 Å². The minimum atomic E-state index is 0. The first kappa shape index (κ1) is 16.5. The number of carbonyl (C=O) groups is 1. The Morgan fingerprint density at radius 1 is 1.37 bits per heavy atom. The first-order chi connectivity index (χ1) is 8.74. The second-order valence-corrected chi connectivity index (χ2v) is 5.71. The van der Waals surface area contributed by atoms with Crippen LogP contribution in [0.1, 0.15) is 18.4 Å². The highest BCUT2D eigenvalue weighted by molar-refractivity contribution is 9.10. The average molecular weight is 348 g/mol. The van der Waals surface area contributed by atoms with Crippen molar-refractivity contribution in [2.45, 2.75) is 19.3 Å². The molecule has 2 N–H and O–H groups in total. The number of rotatable bonds is 5. The van der Waals surface area contributed by atoms with Gasteiger partial charge in [0.1, 0.15) is 0 Å². The summed E-state index contributed by atoms with van der Waals surface area (Å²) in [6.45, 7) is 2.76. The van der Waals surface area contributed by atoms with Crippen molar-refractivity contribution in [2.24, 2.45) is 5.92 Å². The van der Waals surface area contributed by atoms with Crippen LogP contribution in [-0.2, 0) is 11.2 Å². The molecule has 1 aliphatic rings. The zero-order valence-corrected chi connectivity index (χ0v) is 13.2. The van der Waals surface area contributed by atoms with E-state index in [0.717, 1.165) is 36.9 Å². The lowest BCUT2D eigenvalue weighted by atomic mass is 10.0. The Bertz CT molecular complexity index is 391. The van der Waals surface area contributed by atoms with Crippen LogP contribution in [0.15, 0.2) is 28.7 Å². The third kappa shape index (κ3) is 5.93. The van der Waals surface area contributed by atoms with Crippen molar-refractivity contribution in [3.63, 3.8) is 0 Å². The molecule has 0 radical (unpaired) electrons. The van der Waals surface area contributed by atoms with Gasteiger partial charge in [-0.05, 0) is 49.5 Å². The van der Waals surface area contributed by atoms with Gasteiger partial charge < -0.3 is 10.6 Å². The van der Waals surface area contributed by atoms with E-state index in [2.05, 4.69) is 38.7 Å². The number of benzene rings is 1. The number of hydrogen-bond donors (Lipinski definition) is 2. The van der Waals surface area contributed by atoms with E-state index in [0.29, 0.717) is 12.3 Å². The van der Waals surface area contributed by atoms with Crippen LogP contribution in [0.25, 0.3) is 0 Å². The Morgan fingerprint density at radius 3 is 2.74 bits per heavy atom. The van der Waals surface area contributed by atoms with Gasteiger partial charge in [-0.3, -0.25) is 4.79 Å². The lowest BCUT2D eigenvalue weighted by molar-refractivity contribution is -0.121. The van der Waals surface area contributed by atoms with Crippen LogP contribution in [0.4, 0.5) is 0 Å². The maximum absolute atomic E-state index is 11.7. The molecule has 0 bridgehead atoms. The van der Waals surface area contributed by atoms with Crippen molar-refractivity contribution in [3.8, 4) is 0 Å². The molecule has 1 unspecified atom stereocenters. The molecule has 1 atom stereocenters. The van der Waals surface area contributed by atoms with E-state index in [-0.39, 0.29) is 18.3 Å². The highest BCUT2D eigenvalue weighted by atomic mass is 79.9. The minimum absolute atomic E-state index is 0. The zero-order chi connectivity index (χ0) is 12.8. The van der Waals surface area contributed by atoms with Crippen molar-refractivity contribution < 1.29 is 4.79 Å².